The number of aromatic nitrogens is 3. The fourth-order valence-corrected chi connectivity index (χ4v) is 4.88. The van der Waals surface area contributed by atoms with Gasteiger partial charge in [0.25, 0.3) is 0 Å². The zero-order chi connectivity index (χ0) is 21.0. The molecule has 0 atom stereocenters. The van der Waals surface area contributed by atoms with Crippen LogP contribution in [0.15, 0.2) is 58.6 Å². The lowest BCUT2D eigenvalue weighted by Gasteiger charge is -2.08. The van der Waals surface area contributed by atoms with E-state index in [1.54, 1.807) is 28.8 Å². The van der Waals surface area contributed by atoms with Crippen LogP contribution in [0.3, 0.4) is 0 Å². The Balaban J connectivity index is 1.73. The number of nitrogens with zero attached hydrogens (tertiary/aromatic N) is 3. The Kier molecular flexibility index (Phi) is 6.49. The maximum Gasteiger partial charge on any atom is 0.191 e. The zero-order valence-corrected chi connectivity index (χ0v) is 17.6. The highest BCUT2D eigenvalue weighted by molar-refractivity contribution is 7.99. The van der Waals surface area contributed by atoms with Crippen molar-refractivity contribution >= 4 is 27.4 Å². The molecule has 0 aliphatic rings. The monoisotopic (exact) mass is 433 g/mol. The van der Waals surface area contributed by atoms with Crippen LogP contribution in [0.2, 0.25) is 0 Å². The molecule has 0 saturated heterocycles. The predicted molar refractivity (Wildman–Crippen MR) is 109 cm³/mol. The van der Waals surface area contributed by atoms with E-state index < -0.39 is 15.7 Å². The molecular weight excluding hydrogens is 413 g/mol. The second-order valence-corrected chi connectivity index (χ2v) is 9.37. The van der Waals surface area contributed by atoms with E-state index in [4.69, 9.17) is 0 Å². The maximum absolute atomic E-state index is 13.0. The third kappa shape index (κ3) is 5.10. The molecule has 6 nitrogen and oxygen atoms in total. The molecule has 0 bridgehead atoms. The van der Waals surface area contributed by atoms with E-state index in [9.17, 15) is 17.6 Å². The van der Waals surface area contributed by atoms with Crippen molar-refractivity contribution in [2.45, 2.75) is 36.2 Å². The molecule has 0 amide bonds. The Hall–Kier alpha value is -2.52. The Labute approximate surface area is 173 Å². The van der Waals surface area contributed by atoms with Crippen molar-refractivity contribution in [1.29, 1.82) is 0 Å². The first-order valence-corrected chi connectivity index (χ1v) is 11.6. The second-order valence-electron chi connectivity index (χ2n) is 6.43. The van der Waals surface area contributed by atoms with E-state index >= 15 is 0 Å². The van der Waals surface area contributed by atoms with Gasteiger partial charge in [0.15, 0.2) is 20.8 Å². The van der Waals surface area contributed by atoms with Gasteiger partial charge in [0.1, 0.15) is 17.4 Å². The summed E-state index contributed by atoms with van der Waals surface area (Å²) in [4.78, 5) is 12.5. The van der Waals surface area contributed by atoms with Crippen LogP contribution in [-0.4, -0.2) is 34.7 Å². The van der Waals surface area contributed by atoms with Crippen LogP contribution in [0.4, 0.5) is 4.39 Å². The van der Waals surface area contributed by atoms with Crippen LogP contribution in [0.5, 0.6) is 0 Å². The second kappa shape index (κ2) is 8.87. The van der Waals surface area contributed by atoms with Crippen LogP contribution in [0, 0.1) is 12.7 Å². The van der Waals surface area contributed by atoms with E-state index in [0.717, 1.165) is 5.56 Å². The Morgan fingerprint density at radius 1 is 1.07 bits per heavy atom. The molecule has 3 rings (SSSR count). The standard InChI is InChI=1S/C20H20FN3O3S2/c1-3-24-19(13-29(26,27)17-10-4-14(2)5-11-17)22-23-20(24)28-12-18(25)15-6-8-16(21)9-7-15/h4-11H,3,12-13H2,1-2H3. The van der Waals surface area contributed by atoms with Gasteiger partial charge in [0, 0.05) is 12.1 Å². The van der Waals surface area contributed by atoms with E-state index in [2.05, 4.69) is 10.2 Å². The number of ketones is 1. The van der Waals surface area contributed by atoms with Crippen LogP contribution in [0.25, 0.3) is 0 Å². The van der Waals surface area contributed by atoms with E-state index in [1.807, 2.05) is 13.8 Å². The highest BCUT2D eigenvalue weighted by Crippen LogP contribution is 2.22. The molecule has 9 heteroatoms. The van der Waals surface area contributed by atoms with Gasteiger partial charge in [-0.1, -0.05) is 29.5 Å². The summed E-state index contributed by atoms with van der Waals surface area (Å²) in [6.07, 6.45) is 0. The molecule has 0 aliphatic heterocycles. The summed E-state index contributed by atoms with van der Waals surface area (Å²) in [6.45, 7) is 4.22. The molecule has 29 heavy (non-hydrogen) atoms. The van der Waals surface area contributed by atoms with Gasteiger partial charge in [-0.3, -0.25) is 4.79 Å². The number of rotatable bonds is 8. The van der Waals surface area contributed by atoms with Gasteiger partial charge < -0.3 is 4.57 Å². The van der Waals surface area contributed by atoms with Crippen molar-refractivity contribution in [1.82, 2.24) is 14.8 Å². The Morgan fingerprint density at radius 3 is 2.34 bits per heavy atom. The minimum absolute atomic E-state index is 0.0917. The predicted octanol–water partition coefficient (Wildman–Crippen LogP) is 3.69. The third-order valence-corrected chi connectivity index (χ3v) is 6.90. The minimum Gasteiger partial charge on any atom is -0.305 e. The van der Waals surface area contributed by atoms with Gasteiger partial charge in [-0.2, -0.15) is 0 Å². The van der Waals surface area contributed by atoms with Gasteiger partial charge in [-0.05, 0) is 50.2 Å². The van der Waals surface area contributed by atoms with Crippen molar-refractivity contribution in [3.8, 4) is 0 Å². The first-order valence-electron chi connectivity index (χ1n) is 8.93. The fourth-order valence-electron chi connectivity index (χ4n) is 2.70. The number of aryl methyl sites for hydroxylation is 1. The summed E-state index contributed by atoms with van der Waals surface area (Å²) in [7, 11) is -3.56. The normalized spacial score (nSPS) is 11.6. The number of carbonyl (C=O) groups excluding carboxylic acids is 1. The van der Waals surface area contributed by atoms with E-state index in [1.165, 1.54) is 36.0 Å². The van der Waals surface area contributed by atoms with Crippen molar-refractivity contribution in [2.24, 2.45) is 0 Å². The molecule has 0 unspecified atom stereocenters. The number of hydrogen-bond donors (Lipinski definition) is 0. The van der Waals surface area contributed by atoms with Crippen molar-refractivity contribution in [3.05, 3.63) is 71.3 Å². The summed E-state index contributed by atoms with van der Waals surface area (Å²) in [6, 6.07) is 12.0. The Bertz CT molecular complexity index is 1110. The summed E-state index contributed by atoms with van der Waals surface area (Å²) in [5.74, 6) is -0.434. The molecule has 0 spiro atoms. The molecule has 1 heterocycles. The quantitative estimate of drug-likeness (QED) is 0.398. The number of thioether (sulfide) groups is 1. The lowest BCUT2D eigenvalue weighted by atomic mass is 10.1. The molecule has 0 fully saturated rings. The minimum atomic E-state index is -3.56. The van der Waals surface area contributed by atoms with Gasteiger partial charge in [0.05, 0.1) is 10.6 Å². The topological polar surface area (TPSA) is 81.9 Å². The average Bonchev–Trinajstić information content (AvgIpc) is 3.07. The van der Waals surface area contributed by atoms with Gasteiger partial charge in [-0.15, -0.1) is 10.2 Å². The number of Topliss-reactive ketones (excluding diaryl/α,β-unsaturated/α-hetero) is 1. The SMILES string of the molecule is CCn1c(CS(=O)(=O)c2ccc(C)cc2)nnc1SCC(=O)c1ccc(F)cc1. The highest BCUT2D eigenvalue weighted by atomic mass is 32.2. The van der Waals surface area contributed by atoms with Crippen molar-refractivity contribution in [2.75, 3.05) is 5.75 Å². The zero-order valence-electron chi connectivity index (χ0n) is 16.0. The molecule has 0 radical (unpaired) electrons. The van der Waals surface area contributed by atoms with Crippen molar-refractivity contribution < 1.29 is 17.6 Å². The molecular formula is C20H20FN3O3S2. The molecule has 152 valence electrons. The van der Waals surface area contributed by atoms with Crippen molar-refractivity contribution in [3.63, 3.8) is 0 Å². The van der Waals surface area contributed by atoms with Gasteiger partial charge in [-0.25, -0.2) is 12.8 Å². The summed E-state index contributed by atoms with van der Waals surface area (Å²) < 4.78 is 40.1. The molecule has 3 aromatic rings. The number of sulfone groups is 1. The van der Waals surface area contributed by atoms with Crippen LogP contribution in [-0.2, 0) is 22.1 Å². The fraction of sp³-hybridized carbons (Fsp3) is 0.250. The lowest BCUT2D eigenvalue weighted by Crippen LogP contribution is -2.11. The van der Waals surface area contributed by atoms with Gasteiger partial charge in [0.2, 0.25) is 0 Å². The molecule has 0 saturated carbocycles. The molecule has 0 aliphatic carbocycles. The smallest absolute Gasteiger partial charge is 0.191 e. The summed E-state index contributed by atoms with van der Waals surface area (Å²) >= 11 is 1.17. The summed E-state index contributed by atoms with van der Waals surface area (Å²) in [5.41, 5.74) is 1.38. The molecule has 1 aromatic heterocycles. The molecule has 2 aromatic carbocycles. The van der Waals surface area contributed by atoms with Crippen LogP contribution in [0.1, 0.15) is 28.7 Å². The lowest BCUT2D eigenvalue weighted by molar-refractivity contribution is 0.102. The molecule has 0 N–H and O–H groups in total. The first kappa shape index (κ1) is 21.2. The average molecular weight is 434 g/mol. The number of hydrogen-bond acceptors (Lipinski definition) is 6. The van der Waals surface area contributed by atoms with E-state index in [0.29, 0.717) is 23.1 Å². The van der Waals surface area contributed by atoms with Gasteiger partial charge >= 0.3 is 0 Å². The summed E-state index contributed by atoms with van der Waals surface area (Å²) in [5, 5.41) is 8.56. The van der Waals surface area contributed by atoms with Crippen LogP contribution >= 0.6 is 11.8 Å². The highest BCUT2D eigenvalue weighted by Gasteiger charge is 2.21. The Morgan fingerprint density at radius 2 is 1.72 bits per heavy atom. The third-order valence-electron chi connectivity index (χ3n) is 4.31. The number of benzene rings is 2. The largest absolute Gasteiger partial charge is 0.305 e. The maximum atomic E-state index is 13.0. The number of halogens is 1. The number of carbonyl (C=O) groups is 1. The first-order chi connectivity index (χ1) is 13.8. The van der Waals surface area contributed by atoms with E-state index in [-0.39, 0.29) is 22.2 Å². The van der Waals surface area contributed by atoms with Crippen LogP contribution < -0.4 is 0 Å².